The molecular weight excluding hydrogens is 319 g/mol. The van der Waals surface area contributed by atoms with Crippen LogP contribution in [0.15, 0.2) is 47.5 Å². The molecule has 124 valence electrons. The number of rotatable bonds is 4. The minimum absolute atomic E-state index is 0.0298. The Morgan fingerprint density at radius 3 is 2.79 bits per heavy atom. The Labute approximate surface area is 146 Å². The van der Waals surface area contributed by atoms with Gasteiger partial charge in [0.25, 0.3) is 0 Å². The monoisotopic (exact) mass is 340 g/mol. The summed E-state index contributed by atoms with van der Waals surface area (Å²) in [4.78, 5) is 1.16. The van der Waals surface area contributed by atoms with Crippen LogP contribution in [0, 0.1) is 11.3 Å². The van der Waals surface area contributed by atoms with Gasteiger partial charge in [-0.15, -0.1) is 11.8 Å². The molecule has 0 saturated heterocycles. The molecule has 1 saturated carbocycles. The highest BCUT2D eigenvalue weighted by Crippen LogP contribution is 2.50. The third-order valence-corrected chi connectivity index (χ3v) is 6.04. The maximum atomic E-state index is 13.3. The van der Waals surface area contributed by atoms with Gasteiger partial charge in [-0.1, -0.05) is 12.2 Å². The molecular formula is C20H21FN2S. The zero-order valence-corrected chi connectivity index (χ0v) is 15.0. The molecule has 0 aromatic carbocycles. The van der Waals surface area contributed by atoms with Crippen LogP contribution in [-0.2, 0) is 0 Å². The average molecular weight is 340 g/mol. The van der Waals surface area contributed by atoms with E-state index in [9.17, 15) is 9.65 Å². The Bertz CT molecular complexity index is 863. The molecule has 0 spiro atoms. The maximum Gasteiger partial charge on any atom is 0.103 e. The van der Waals surface area contributed by atoms with Gasteiger partial charge in [0.05, 0.1) is 11.1 Å². The molecule has 4 heteroatoms. The normalized spacial score (nSPS) is 24.7. The summed E-state index contributed by atoms with van der Waals surface area (Å²) in [7, 11) is 0. The number of alkyl halides is 1. The summed E-state index contributed by atoms with van der Waals surface area (Å²) in [5.41, 5.74) is 3.79. The summed E-state index contributed by atoms with van der Waals surface area (Å²) >= 11 is 1.76. The smallest absolute Gasteiger partial charge is 0.103 e. The van der Waals surface area contributed by atoms with E-state index in [1.807, 2.05) is 43.5 Å². The third kappa shape index (κ3) is 3.01. The predicted molar refractivity (Wildman–Crippen MR) is 99.6 cm³/mol. The van der Waals surface area contributed by atoms with E-state index in [-0.39, 0.29) is 4.75 Å². The van der Waals surface area contributed by atoms with Crippen LogP contribution in [0.2, 0.25) is 0 Å². The minimum Gasteiger partial charge on any atom is -0.316 e. The fourth-order valence-corrected chi connectivity index (χ4v) is 4.80. The zero-order chi connectivity index (χ0) is 17.3. The van der Waals surface area contributed by atoms with Crippen LogP contribution in [0.4, 0.5) is 4.39 Å². The molecule has 1 fully saturated rings. The van der Waals surface area contributed by atoms with Crippen molar-refractivity contribution in [1.82, 2.24) is 4.40 Å². The van der Waals surface area contributed by atoms with E-state index in [1.54, 1.807) is 11.8 Å². The van der Waals surface area contributed by atoms with Crippen molar-refractivity contribution in [2.45, 2.75) is 44.5 Å². The Morgan fingerprint density at radius 2 is 2.17 bits per heavy atom. The van der Waals surface area contributed by atoms with E-state index < -0.39 is 6.17 Å². The number of nitriles is 1. The number of thioether (sulfide) groups is 1. The van der Waals surface area contributed by atoms with Crippen molar-refractivity contribution in [3.63, 3.8) is 0 Å². The fraction of sp³-hybridized carbons (Fsp3) is 0.350. The molecule has 0 unspecified atom stereocenters. The van der Waals surface area contributed by atoms with Gasteiger partial charge in [0, 0.05) is 21.5 Å². The number of nitrogens with zero attached hydrogens (tertiary/aromatic N) is 2. The molecule has 1 aliphatic carbocycles. The van der Waals surface area contributed by atoms with Crippen LogP contribution in [0.3, 0.4) is 0 Å². The van der Waals surface area contributed by atoms with Crippen LogP contribution in [0.1, 0.15) is 44.9 Å². The van der Waals surface area contributed by atoms with E-state index in [4.69, 9.17) is 0 Å². The largest absolute Gasteiger partial charge is 0.316 e. The van der Waals surface area contributed by atoms with Gasteiger partial charge in [-0.05, 0) is 63.5 Å². The number of halogens is 1. The quantitative estimate of drug-likeness (QED) is 0.664. The molecule has 2 aromatic heterocycles. The topological polar surface area (TPSA) is 28.2 Å². The van der Waals surface area contributed by atoms with Crippen LogP contribution < -0.4 is 0 Å². The maximum absolute atomic E-state index is 13.3. The first kappa shape index (κ1) is 16.9. The van der Waals surface area contributed by atoms with Crippen molar-refractivity contribution in [3.8, 4) is 6.07 Å². The molecule has 24 heavy (non-hydrogen) atoms. The van der Waals surface area contributed by atoms with Gasteiger partial charge in [0.1, 0.15) is 12.2 Å². The second kappa shape index (κ2) is 6.49. The Kier molecular flexibility index (Phi) is 4.56. The standard InChI is InChI=1S/C20H21FN2S/c1-4-6-19(24-20(3)11-16(21)12-20)14(2)17-9-8-15(13-22)18-7-5-10-23(17)18/h4-10,16H,11-12H2,1-3H3/b6-4-,19-14-. The number of fused-ring (bicyclic) bond motifs is 1. The first-order chi connectivity index (χ1) is 11.5. The molecule has 0 N–H and O–H groups in total. The van der Waals surface area contributed by atoms with E-state index in [2.05, 4.69) is 30.4 Å². The van der Waals surface area contributed by atoms with Crippen molar-refractivity contribution in [2.75, 3.05) is 0 Å². The van der Waals surface area contributed by atoms with E-state index >= 15 is 0 Å². The summed E-state index contributed by atoms with van der Waals surface area (Å²) in [6, 6.07) is 10.0. The number of allylic oxidation sites excluding steroid dienone is 3. The highest BCUT2D eigenvalue weighted by molar-refractivity contribution is 8.04. The number of hydrogen-bond donors (Lipinski definition) is 0. The molecule has 0 amide bonds. The zero-order valence-electron chi connectivity index (χ0n) is 14.2. The van der Waals surface area contributed by atoms with Crippen LogP contribution in [-0.4, -0.2) is 15.3 Å². The molecule has 0 radical (unpaired) electrons. The lowest BCUT2D eigenvalue weighted by Gasteiger charge is -2.41. The fourth-order valence-electron chi connectivity index (χ4n) is 3.28. The SMILES string of the molecule is C/C=C\C(SC1(C)CC(F)C1)=C(/C)c1ccc(C#N)c2cccn12. The molecule has 3 rings (SSSR count). The van der Waals surface area contributed by atoms with Gasteiger partial charge in [0.15, 0.2) is 0 Å². The number of pyridine rings is 1. The average Bonchev–Trinajstić information content (AvgIpc) is 3.01. The molecule has 0 bridgehead atoms. The molecule has 0 atom stereocenters. The van der Waals surface area contributed by atoms with E-state index in [0.29, 0.717) is 18.4 Å². The molecule has 2 nitrogen and oxygen atoms in total. The number of hydrogen-bond acceptors (Lipinski definition) is 2. The van der Waals surface area contributed by atoms with Gasteiger partial charge in [-0.25, -0.2) is 4.39 Å². The van der Waals surface area contributed by atoms with Crippen molar-refractivity contribution in [1.29, 1.82) is 5.26 Å². The molecule has 2 aromatic rings. The summed E-state index contributed by atoms with van der Waals surface area (Å²) in [5, 5.41) is 9.27. The van der Waals surface area contributed by atoms with E-state index in [1.165, 1.54) is 0 Å². The highest BCUT2D eigenvalue weighted by atomic mass is 32.2. The van der Waals surface area contributed by atoms with Gasteiger partial charge < -0.3 is 4.40 Å². The lowest BCUT2D eigenvalue weighted by Crippen LogP contribution is -2.39. The summed E-state index contributed by atoms with van der Waals surface area (Å²) in [6.45, 7) is 6.23. The summed E-state index contributed by atoms with van der Waals surface area (Å²) < 4.78 is 15.4. The van der Waals surface area contributed by atoms with Gasteiger partial charge in [0.2, 0.25) is 0 Å². The van der Waals surface area contributed by atoms with Crippen molar-refractivity contribution in [2.24, 2.45) is 0 Å². The Hall–Kier alpha value is -1.99. The molecule has 2 heterocycles. The summed E-state index contributed by atoms with van der Waals surface area (Å²) in [5.74, 6) is 0. The van der Waals surface area contributed by atoms with Crippen LogP contribution in [0.25, 0.3) is 11.1 Å². The van der Waals surface area contributed by atoms with Gasteiger partial charge in [-0.3, -0.25) is 0 Å². The van der Waals surface area contributed by atoms with Crippen molar-refractivity contribution < 1.29 is 4.39 Å². The lowest BCUT2D eigenvalue weighted by atomic mass is 9.84. The first-order valence-corrected chi connectivity index (χ1v) is 8.96. The highest BCUT2D eigenvalue weighted by Gasteiger charge is 2.41. The Morgan fingerprint density at radius 1 is 1.42 bits per heavy atom. The Balaban J connectivity index is 2.06. The summed E-state index contributed by atoms with van der Waals surface area (Å²) in [6.07, 6.45) is 6.66. The van der Waals surface area contributed by atoms with Crippen molar-refractivity contribution >= 4 is 22.9 Å². The van der Waals surface area contributed by atoms with Crippen molar-refractivity contribution in [3.05, 3.63) is 58.8 Å². The molecule has 1 aliphatic rings. The lowest BCUT2D eigenvalue weighted by molar-refractivity contribution is 0.169. The molecule has 0 aliphatic heterocycles. The number of aromatic nitrogens is 1. The van der Waals surface area contributed by atoms with Crippen LogP contribution in [0.5, 0.6) is 0 Å². The minimum atomic E-state index is -0.666. The van der Waals surface area contributed by atoms with Crippen LogP contribution >= 0.6 is 11.8 Å². The van der Waals surface area contributed by atoms with Gasteiger partial charge >= 0.3 is 0 Å². The predicted octanol–water partition coefficient (Wildman–Crippen LogP) is 5.74. The second-order valence-electron chi connectivity index (χ2n) is 6.55. The van der Waals surface area contributed by atoms with E-state index in [0.717, 1.165) is 21.7 Å². The first-order valence-electron chi connectivity index (χ1n) is 8.14. The third-order valence-electron chi connectivity index (χ3n) is 4.55. The van der Waals surface area contributed by atoms with Gasteiger partial charge in [-0.2, -0.15) is 5.26 Å². The second-order valence-corrected chi connectivity index (χ2v) is 8.18.